The highest BCUT2D eigenvalue weighted by Crippen LogP contribution is 2.46. The molecule has 7 nitrogen and oxygen atoms in total. The van der Waals surface area contributed by atoms with Crippen LogP contribution in [0.1, 0.15) is 52.0 Å². The van der Waals surface area contributed by atoms with E-state index in [9.17, 15) is 14.0 Å². The number of para-hydroxylation sites is 1. The van der Waals surface area contributed by atoms with Gasteiger partial charge in [0.2, 0.25) is 0 Å². The Hall–Kier alpha value is -3.91. The molecule has 1 heterocycles. The number of methoxy groups -OCH3 is 1. The van der Waals surface area contributed by atoms with Crippen molar-refractivity contribution in [3.63, 3.8) is 0 Å². The van der Waals surface area contributed by atoms with Gasteiger partial charge < -0.3 is 20.0 Å². The van der Waals surface area contributed by atoms with Gasteiger partial charge >= 0.3 is 0 Å². The standard InChI is InChI=1S/C31H32ClFN4O3/c1-36(2)35-23-12-13-31(19-23)14-15-37(27-7-5-4-6-21(27)18-31)30(39)20-8-11-26(28(16-20)40-3)34-29(38)24-17-22(33)9-10-25(24)32/h4-11,16-17H,12-15,18-19H2,1-3H3,(H,34,38)/t31-/m0/s1. The van der Waals surface area contributed by atoms with E-state index in [2.05, 4.69) is 11.4 Å². The van der Waals surface area contributed by atoms with E-state index in [1.165, 1.54) is 25.0 Å². The van der Waals surface area contributed by atoms with Gasteiger partial charge in [-0.25, -0.2) is 4.39 Å². The number of amides is 2. The first kappa shape index (κ1) is 27.6. The lowest BCUT2D eigenvalue weighted by Crippen LogP contribution is -2.33. The molecule has 1 fully saturated rings. The van der Waals surface area contributed by atoms with Crippen LogP contribution in [0.4, 0.5) is 15.8 Å². The lowest BCUT2D eigenvalue weighted by atomic mass is 9.78. The summed E-state index contributed by atoms with van der Waals surface area (Å²) in [5.74, 6) is -0.983. The Bertz CT molecular complexity index is 1490. The van der Waals surface area contributed by atoms with Crippen molar-refractivity contribution >= 4 is 40.5 Å². The molecule has 9 heteroatoms. The van der Waals surface area contributed by atoms with E-state index in [1.54, 1.807) is 18.2 Å². The molecule has 3 aromatic rings. The lowest BCUT2D eigenvalue weighted by molar-refractivity contribution is 0.0983. The summed E-state index contributed by atoms with van der Waals surface area (Å²) in [6.45, 7) is 0.587. The molecular formula is C31H32ClFN4O3. The van der Waals surface area contributed by atoms with Crippen molar-refractivity contribution in [2.45, 2.75) is 32.1 Å². The van der Waals surface area contributed by atoms with E-state index >= 15 is 0 Å². The number of ether oxygens (including phenoxy) is 1. The Kier molecular flexibility index (Phi) is 7.81. The summed E-state index contributed by atoms with van der Waals surface area (Å²) in [6, 6.07) is 16.6. The van der Waals surface area contributed by atoms with Crippen LogP contribution in [0.2, 0.25) is 5.02 Å². The minimum atomic E-state index is -0.581. The van der Waals surface area contributed by atoms with Crippen molar-refractivity contribution in [3.05, 3.63) is 88.2 Å². The molecule has 5 rings (SSSR count). The number of hydrogen-bond donors (Lipinski definition) is 1. The molecule has 2 aliphatic rings. The van der Waals surface area contributed by atoms with E-state index in [1.807, 2.05) is 42.2 Å². The summed E-state index contributed by atoms with van der Waals surface area (Å²) in [4.78, 5) is 28.6. The molecule has 1 saturated carbocycles. The van der Waals surface area contributed by atoms with Crippen LogP contribution in [-0.2, 0) is 6.42 Å². The Labute approximate surface area is 238 Å². The minimum Gasteiger partial charge on any atom is -0.495 e. The molecule has 1 atom stereocenters. The van der Waals surface area contributed by atoms with Gasteiger partial charge in [0, 0.05) is 37.6 Å². The van der Waals surface area contributed by atoms with Gasteiger partial charge in [-0.05, 0) is 85.5 Å². The zero-order valence-electron chi connectivity index (χ0n) is 22.8. The molecule has 3 aromatic carbocycles. The van der Waals surface area contributed by atoms with Gasteiger partial charge in [0.25, 0.3) is 11.8 Å². The molecule has 1 aliphatic carbocycles. The van der Waals surface area contributed by atoms with Crippen LogP contribution in [0.25, 0.3) is 0 Å². The maximum absolute atomic E-state index is 13.9. The monoisotopic (exact) mass is 562 g/mol. The molecular weight excluding hydrogens is 531 g/mol. The Morgan fingerprint density at radius 3 is 2.65 bits per heavy atom. The van der Waals surface area contributed by atoms with Gasteiger partial charge in [-0.15, -0.1) is 0 Å². The van der Waals surface area contributed by atoms with Crippen LogP contribution in [0, 0.1) is 11.2 Å². The molecule has 208 valence electrons. The first-order valence-corrected chi connectivity index (χ1v) is 13.6. The maximum atomic E-state index is 13.9. The summed E-state index contributed by atoms with van der Waals surface area (Å²) in [7, 11) is 5.36. The quantitative estimate of drug-likeness (QED) is 0.364. The summed E-state index contributed by atoms with van der Waals surface area (Å²) >= 11 is 6.10. The first-order valence-electron chi connectivity index (χ1n) is 13.3. The SMILES string of the molecule is COc1cc(C(=O)N2CC[C@@]3(CCC(=NN(C)C)C3)Cc3ccccc32)ccc1NC(=O)c1cc(F)ccc1Cl. The molecule has 0 unspecified atom stereocenters. The van der Waals surface area contributed by atoms with Crippen molar-refractivity contribution < 1.29 is 18.7 Å². The fourth-order valence-electron chi connectivity index (χ4n) is 5.79. The molecule has 2 amide bonds. The third kappa shape index (κ3) is 5.68. The molecule has 40 heavy (non-hydrogen) atoms. The number of carbonyl (C=O) groups excluding carboxylic acids is 2. The predicted molar refractivity (Wildman–Crippen MR) is 156 cm³/mol. The molecule has 1 N–H and O–H groups in total. The van der Waals surface area contributed by atoms with Crippen LogP contribution in [0.5, 0.6) is 5.75 Å². The number of benzene rings is 3. The highest BCUT2D eigenvalue weighted by Gasteiger charge is 2.41. The number of carbonyl (C=O) groups is 2. The predicted octanol–water partition coefficient (Wildman–Crippen LogP) is 6.42. The summed E-state index contributed by atoms with van der Waals surface area (Å²) in [5.41, 5.74) is 4.14. The van der Waals surface area contributed by atoms with E-state index in [-0.39, 0.29) is 21.9 Å². The fraction of sp³-hybridized carbons (Fsp3) is 0.323. The zero-order chi connectivity index (χ0) is 28.4. The number of hydrogen-bond acceptors (Lipinski definition) is 5. The van der Waals surface area contributed by atoms with E-state index in [0.29, 0.717) is 23.5 Å². The van der Waals surface area contributed by atoms with Crippen molar-refractivity contribution in [1.82, 2.24) is 5.01 Å². The maximum Gasteiger partial charge on any atom is 0.258 e. The van der Waals surface area contributed by atoms with Crippen LogP contribution < -0.4 is 15.0 Å². The summed E-state index contributed by atoms with van der Waals surface area (Å²) < 4.78 is 19.2. The average Bonchev–Trinajstić information content (AvgIpc) is 3.23. The lowest BCUT2D eigenvalue weighted by Gasteiger charge is -2.27. The van der Waals surface area contributed by atoms with Crippen molar-refractivity contribution in [1.29, 1.82) is 0 Å². The van der Waals surface area contributed by atoms with Gasteiger partial charge in [-0.1, -0.05) is 29.8 Å². The minimum absolute atomic E-state index is 0.00433. The molecule has 0 saturated heterocycles. The van der Waals surface area contributed by atoms with Crippen molar-refractivity contribution in [2.24, 2.45) is 10.5 Å². The van der Waals surface area contributed by atoms with E-state index in [4.69, 9.17) is 21.4 Å². The Balaban J connectivity index is 1.40. The number of anilines is 2. The van der Waals surface area contributed by atoms with Crippen LogP contribution in [0.3, 0.4) is 0 Å². The van der Waals surface area contributed by atoms with Crippen LogP contribution in [-0.4, -0.2) is 50.3 Å². The number of fused-ring (bicyclic) bond motifs is 1. The topological polar surface area (TPSA) is 74.2 Å². The van der Waals surface area contributed by atoms with E-state index < -0.39 is 11.7 Å². The number of rotatable bonds is 5. The largest absolute Gasteiger partial charge is 0.495 e. The average molecular weight is 563 g/mol. The van der Waals surface area contributed by atoms with Gasteiger partial charge in [0.15, 0.2) is 0 Å². The first-order chi connectivity index (χ1) is 19.2. The molecule has 1 spiro atoms. The highest BCUT2D eigenvalue weighted by atomic mass is 35.5. The molecule has 0 bridgehead atoms. The van der Waals surface area contributed by atoms with E-state index in [0.717, 1.165) is 49.4 Å². The number of hydrazone groups is 1. The molecule has 0 aromatic heterocycles. The van der Waals surface area contributed by atoms with Gasteiger partial charge in [-0.2, -0.15) is 5.10 Å². The second-order valence-electron chi connectivity index (χ2n) is 10.7. The van der Waals surface area contributed by atoms with Gasteiger partial charge in [-0.3, -0.25) is 9.59 Å². The summed E-state index contributed by atoms with van der Waals surface area (Å²) in [5, 5.41) is 9.39. The second kappa shape index (κ2) is 11.3. The third-order valence-electron chi connectivity index (χ3n) is 7.69. The number of nitrogens with one attached hydrogen (secondary N) is 1. The number of nitrogens with zero attached hydrogens (tertiary/aromatic N) is 3. The third-order valence-corrected chi connectivity index (χ3v) is 8.02. The van der Waals surface area contributed by atoms with Crippen LogP contribution in [0.15, 0.2) is 65.8 Å². The van der Waals surface area contributed by atoms with Crippen molar-refractivity contribution in [2.75, 3.05) is 38.0 Å². The normalized spacial score (nSPS) is 19.3. The number of halogens is 2. The Morgan fingerprint density at radius 1 is 1.07 bits per heavy atom. The van der Waals surface area contributed by atoms with Crippen LogP contribution >= 0.6 is 11.6 Å². The zero-order valence-corrected chi connectivity index (χ0v) is 23.6. The van der Waals surface area contributed by atoms with Gasteiger partial charge in [0.1, 0.15) is 11.6 Å². The highest BCUT2D eigenvalue weighted by molar-refractivity contribution is 6.34. The van der Waals surface area contributed by atoms with Crippen molar-refractivity contribution in [3.8, 4) is 5.75 Å². The molecule has 0 radical (unpaired) electrons. The fourth-order valence-corrected chi connectivity index (χ4v) is 6.00. The smallest absolute Gasteiger partial charge is 0.258 e. The Morgan fingerprint density at radius 2 is 1.88 bits per heavy atom. The van der Waals surface area contributed by atoms with Gasteiger partial charge in [0.05, 0.1) is 23.4 Å². The molecule has 1 aliphatic heterocycles. The summed E-state index contributed by atoms with van der Waals surface area (Å²) in [6.07, 6.45) is 4.72. The second-order valence-corrected chi connectivity index (χ2v) is 11.1.